The molecule has 0 heterocycles. The van der Waals surface area contributed by atoms with Crippen LogP contribution in [0.5, 0.6) is 0 Å². The molecule has 0 N–H and O–H groups in total. The van der Waals surface area contributed by atoms with Gasteiger partial charge >= 0.3 is 0 Å². The van der Waals surface area contributed by atoms with Crippen LogP contribution in [0.25, 0.3) is 0 Å². The van der Waals surface area contributed by atoms with E-state index in [0.29, 0.717) is 12.2 Å². The Balaban J connectivity index is 2.04. The van der Waals surface area contributed by atoms with E-state index < -0.39 is 0 Å². The smallest absolute Gasteiger partial charge is 0.163 e. The Morgan fingerprint density at radius 3 is 2.35 bits per heavy atom. The van der Waals surface area contributed by atoms with E-state index in [2.05, 4.69) is 24.8 Å². The van der Waals surface area contributed by atoms with Gasteiger partial charge < -0.3 is 0 Å². The Morgan fingerprint density at radius 1 is 1.12 bits per heavy atom. The normalized spacial score (nSPS) is 17.0. The number of Topliss-reactive ketones (excluding diaryl/α,β-unsaturated/α-hetero) is 1. The first-order valence-electron chi connectivity index (χ1n) is 6.55. The fourth-order valence-corrected chi connectivity index (χ4v) is 2.83. The van der Waals surface area contributed by atoms with Gasteiger partial charge in [0.2, 0.25) is 0 Å². The molecule has 1 saturated carbocycles. The first-order valence-corrected chi connectivity index (χ1v) is 7.18. The summed E-state index contributed by atoms with van der Waals surface area (Å²) in [5.41, 5.74) is 2.24. The highest BCUT2D eigenvalue weighted by atomic mass is 32.1. The predicted molar refractivity (Wildman–Crippen MR) is 75.1 cm³/mol. The van der Waals surface area contributed by atoms with Gasteiger partial charge in [0.15, 0.2) is 5.78 Å². The lowest BCUT2D eigenvalue weighted by atomic mass is 9.84. The molecule has 1 aromatic carbocycles. The molecule has 2 rings (SSSR count). The molecule has 2 heteroatoms. The first-order chi connectivity index (χ1) is 8.31. The second kappa shape index (κ2) is 6.25. The van der Waals surface area contributed by atoms with Gasteiger partial charge in [0.05, 0.1) is 0 Å². The number of thiol groups is 1. The molecule has 0 saturated heterocycles. The molecular formula is C15H20OS. The maximum atomic E-state index is 11.7. The Bertz CT molecular complexity index is 363. The van der Waals surface area contributed by atoms with E-state index >= 15 is 0 Å². The highest BCUT2D eigenvalue weighted by Gasteiger charge is 2.15. The molecule has 92 valence electrons. The van der Waals surface area contributed by atoms with Gasteiger partial charge in [-0.1, -0.05) is 43.5 Å². The maximum Gasteiger partial charge on any atom is 0.163 e. The van der Waals surface area contributed by atoms with Gasteiger partial charge in [-0.25, -0.2) is 0 Å². The molecule has 0 bridgehead atoms. The standard InChI is InChI=1S/C15H20OS/c16-15(10-11-17)14-8-6-13(7-9-14)12-4-2-1-3-5-12/h6-9,12,17H,1-5,10-11H2. The van der Waals surface area contributed by atoms with Crippen molar-refractivity contribution >= 4 is 18.4 Å². The van der Waals surface area contributed by atoms with Crippen LogP contribution in [0.1, 0.15) is 60.4 Å². The van der Waals surface area contributed by atoms with Gasteiger partial charge in [-0.3, -0.25) is 4.79 Å². The first kappa shape index (κ1) is 12.7. The summed E-state index contributed by atoms with van der Waals surface area (Å²) >= 11 is 4.09. The number of hydrogen-bond donors (Lipinski definition) is 1. The maximum absolute atomic E-state index is 11.7. The number of carbonyl (C=O) groups excluding carboxylic acids is 1. The van der Waals surface area contributed by atoms with E-state index in [-0.39, 0.29) is 5.78 Å². The van der Waals surface area contributed by atoms with Crippen LogP contribution in [0.15, 0.2) is 24.3 Å². The molecule has 1 aliphatic carbocycles. The molecule has 0 radical (unpaired) electrons. The Morgan fingerprint density at radius 2 is 1.76 bits per heavy atom. The second-order valence-electron chi connectivity index (χ2n) is 4.85. The summed E-state index contributed by atoms with van der Waals surface area (Å²) in [6, 6.07) is 8.24. The van der Waals surface area contributed by atoms with Crippen molar-refractivity contribution in [3.63, 3.8) is 0 Å². The second-order valence-corrected chi connectivity index (χ2v) is 5.30. The fraction of sp³-hybridized carbons (Fsp3) is 0.533. The summed E-state index contributed by atoms with van der Waals surface area (Å²) in [5.74, 6) is 1.55. The zero-order chi connectivity index (χ0) is 12.1. The quantitative estimate of drug-likeness (QED) is 0.623. The zero-order valence-corrected chi connectivity index (χ0v) is 11.1. The molecule has 1 aliphatic rings. The van der Waals surface area contributed by atoms with Crippen LogP contribution in [0.3, 0.4) is 0 Å². The topological polar surface area (TPSA) is 17.1 Å². The molecule has 0 spiro atoms. The van der Waals surface area contributed by atoms with Crippen molar-refractivity contribution in [2.24, 2.45) is 0 Å². The molecule has 0 aromatic heterocycles. The molecular weight excluding hydrogens is 228 g/mol. The van der Waals surface area contributed by atoms with Gasteiger partial charge in [0.25, 0.3) is 0 Å². The Labute approximate surface area is 109 Å². The highest BCUT2D eigenvalue weighted by Crippen LogP contribution is 2.32. The third kappa shape index (κ3) is 3.35. The van der Waals surface area contributed by atoms with E-state index in [1.54, 1.807) is 0 Å². The molecule has 0 unspecified atom stereocenters. The van der Waals surface area contributed by atoms with Crippen LogP contribution >= 0.6 is 12.6 Å². The van der Waals surface area contributed by atoms with Crippen LogP contribution in [0.4, 0.5) is 0 Å². The van der Waals surface area contributed by atoms with Crippen molar-refractivity contribution < 1.29 is 4.79 Å². The van der Waals surface area contributed by atoms with Crippen molar-refractivity contribution in [3.05, 3.63) is 35.4 Å². The van der Waals surface area contributed by atoms with Gasteiger partial charge in [0.1, 0.15) is 0 Å². The van der Waals surface area contributed by atoms with E-state index in [1.807, 2.05) is 12.1 Å². The molecule has 1 nitrogen and oxygen atoms in total. The van der Waals surface area contributed by atoms with Crippen LogP contribution in [0, 0.1) is 0 Å². The lowest BCUT2D eigenvalue weighted by molar-refractivity contribution is 0.0989. The van der Waals surface area contributed by atoms with Gasteiger partial charge in [-0.2, -0.15) is 12.6 Å². The summed E-state index contributed by atoms with van der Waals surface area (Å²) in [7, 11) is 0. The number of rotatable bonds is 4. The molecule has 0 aliphatic heterocycles. The highest BCUT2D eigenvalue weighted by molar-refractivity contribution is 7.80. The van der Waals surface area contributed by atoms with E-state index in [9.17, 15) is 4.79 Å². The van der Waals surface area contributed by atoms with Gasteiger partial charge in [0, 0.05) is 12.0 Å². The zero-order valence-electron chi connectivity index (χ0n) is 10.2. The summed E-state index contributed by atoms with van der Waals surface area (Å²) in [4.78, 5) is 11.7. The van der Waals surface area contributed by atoms with Crippen molar-refractivity contribution in [1.82, 2.24) is 0 Å². The van der Waals surface area contributed by atoms with Gasteiger partial charge in [-0.15, -0.1) is 0 Å². The summed E-state index contributed by atoms with van der Waals surface area (Å²) in [6.45, 7) is 0. The van der Waals surface area contributed by atoms with Crippen LogP contribution in [0.2, 0.25) is 0 Å². The molecule has 1 fully saturated rings. The van der Waals surface area contributed by atoms with E-state index in [0.717, 1.165) is 11.5 Å². The number of hydrogen-bond acceptors (Lipinski definition) is 2. The Kier molecular flexibility index (Phi) is 4.66. The summed E-state index contributed by atoms with van der Waals surface area (Å²) in [6.07, 6.45) is 7.24. The van der Waals surface area contributed by atoms with Crippen LogP contribution in [-0.2, 0) is 0 Å². The van der Waals surface area contributed by atoms with Crippen LogP contribution < -0.4 is 0 Å². The van der Waals surface area contributed by atoms with Crippen molar-refractivity contribution in [3.8, 4) is 0 Å². The third-order valence-electron chi connectivity index (χ3n) is 3.65. The molecule has 0 atom stereocenters. The third-order valence-corrected chi connectivity index (χ3v) is 3.87. The van der Waals surface area contributed by atoms with E-state index in [1.165, 1.54) is 37.7 Å². The predicted octanol–water partition coefficient (Wildman–Crippen LogP) is 4.24. The number of carbonyl (C=O) groups is 1. The SMILES string of the molecule is O=C(CCS)c1ccc(C2CCCCC2)cc1. The van der Waals surface area contributed by atoms with Crippen molar-refractivity contribution in [2.45, 2.75) is 44.4 Å². The Hall–Kier alpha value is -0.760. The lowest BCUT2D eigenvalue weighted by Crippen LogP contribution is -2.05. The molecule has 1 aromatic rings. The lowest BCUT2D eigenvalue weighted by Gasteiger charge is -2.22. The minimum absolute atomic E-state index is 0.204. The number of benzene rings is 1. The average molecular weight is 248 g/mol. The van der Waals surface area contributed by atoms with Crippen LogP contribution in [-0.4, -0.2) is 11.5 Å². The largest absolute Gasteiger partial charge is 0.294 e. The minimum atomic E-state index is 0.204. The van der Waals surface area contributed by atoms with E-state index in [4.69, 9.17) is 0 Å². The molecule has 0 amide bonds. The van der Waals surface area contributed by atoms with Crippen molar-refractivity contribution in [2.75, 3.05) is 5.75 Å². The summed E-state index contributed by atoms with van der Waals surface area (Å²) < 4.78 is 0. The number of ketones is 1. The van der Waals surface area contributed by atoms with Crippen molar-refractivity contribution in [1.29, 1.82) is 0 Å². The monoisotopic (exact) mass is 248 g/mol. The van der Waals surface area contributed by atoms with Gasteiger partial charge in [-0.05, 0) is 30.1 Å². The molecule has 17 heavy (non-hydrogen) atoms. The fourth-order valence-electron chi connectivity index (χ4n) is 2.62. The minimum Gasteiger partial charge on any atom is -0.294 e. The summed E-state index contributed by atoms with van der Waals surface area (Å²) in [5, 5.41) is 0. The average Bonchev–Trinajstić information content (AvgIpc) is 2.40.